The molecule has 3 rings (SSSR count). The average molecular weight is 371 g/mol. The largest absolute Gasteiger partial charge is 0.494 e. The highest BCUT2D eigenvalue weighted by atomic mass is 79.9. The number of nitrogens with one attached hydrogen (secondary N) is 1. The molecule has 0 saturated carbocycles. The van der Waals surface area contributed by atoms with E-state index in [1.807, 2.05) is 5.38 Å². The van der Waals surface area contributed by atoms with Gasteiger partial charge in [-0.05, 0) is 22.4 Å². The fourth-order valence-electron chi connectivity index (χ4n) is 2.18. The molecule has 1 unspecified atom stereocenters. The molecule has 1 saturated heterocycles. The summed E-state index contributed by atoms with van der Waals surface area (Å²) in [6, 6.07) is -0.503. The third kappa shape index (κ3) is 2.58. The molecule has 1 fully saturated rings. The molecule has 2 aromatic rings. The molecule has 0 aromatic carbocycles. The standard InChI is InChI=1S/C12H11BrN4O3S/c1-20-10-6(5-21-11(10)13)7-4-17(16-15-7)8-2-3-9(18)14-12(8)19/h4-5,8H,2-3H2,1H3,(H,14,18,19). The van der Waals surface area contributed by atoms with Gasteiger partial charge in [-0.25, -0.2) is 4.68 Å². The first-order chi connectivity index (χ1) is 10.1. The molecule has 1 atom stereocenters. The SMILES string of the molecule is COc1c(-c2cn(C3CCC(=O)NC3=O)nn2)csc1Br. The van der Waals surface area contributed by atoms with Crippen LogP contribution >= 0.6 is 27.3 Å². The Kier molecular flexibility index (Phi) is 3.77. The van der Waals surface area contributed by atoms with Gasteiger partial charge in [0.15, 0.2) is 5.75 Å². The van der Waals surface area contributed by atoms with Crippen LogP contribution in [0.2, 0.25) is 0 Å². The maximum Gasteiger partial charge on any atom is 0.251 e. The topological polar surface area (TPSA) is 86.1 Å². The Hall–Kier alpha value is -1.74. The molecule has 1 N–H and O–H groups in total. The Bertz CT molecular complexity index is 711. The van der Waals surface area contributed by atoms with E-state index < -0.39 is 6.04 Å². The van der Waals surface area contributed by atoms with Crippen LogP contribution in [0.5, 0.6) is 5.75 Å². The number of aromatic nitrogens is 3. The molecular weight excluding hydrogens is 360 g/mol. The predicted molar refractivity (Wildman–Crippen MR) is 79.0 cm³/mol. The second kappa shape index (κ2) is 5.57. The van der Waals surface area contributed by atoms with E-state index >= 15 is 0 Å². The molecule has 1 aliphatic rings. The first kappa shape index (κ1) is 14.2. The monoisotopic (exact) mass is 370 g/mol. The molecule has 2 aromatic heterocycles. The summed E-state index contributed by atoms with van der Waals surface area (Å²) < 4.78 is 7.68. The maximum atomic E-state index is 11.8. The summed E-state index contributed by atoms with van der Waals surface area (Å²) >= 11 is 4.90. The van der Waals surface area contributed by atoms with Crippen molar-refractivity contribution < 1.29 is 14.3 Å². The van der Waals surface area contributed by atoms with E-state index in [2.05, 4.69) is 31.6 Å². The number of carbonyl (C=O) groups excluding carboxylic acids is 2. The van der Waals surface area contributed by atoms with Crippen LogP contribution in [0.4, 0.5) is 0 Å². The summed E-state index contributed by atoms with van der Waals surface area (Å²) in [5.41, 5.74) is 1.44. The van der Waals surface area contributed by atoms with Crippen LogP contribution in [0.15, 0.2) is 15.4 Å². The molecule has 0 aliphatic carbocycles. The second-order valence-electron chi connectivity index (χ2n) is 4.51. The van der Waals surface area contributed by atoms with Crippen molar-refractivity contribution in [1.29, 1.82) is 0 Å². The van der Waals surface area contributed by atoms with E-state index in [0.29, 0.717) is 24.3 Å². The quantitative estimate of drug-likeness (QED) is 0.831. The average Bonchev–Trinajstić information content (AvgIpc) is 3.05. The van der Waals surface area contributed by atoms with Crippen LogP contribution in [0, 0.1) is 0 Å². The molecule has 0 spiro atoms. The summed E-state index contributed by atoms with van der Waals surface area (Å²) in [6.45, 7) is 0. The lowest BCUT2D eigenvalue weighted by atomic mass is 10.1. The van der Waals surface area contributed by atoms with Gasteiger partial charge in [-0.1, -0.05) is 5.21 Å². The zero-order valence-corrected chi connectivity index (χ0v) is 13.4. The minimum Gasteiger partial charge on any atom is -0.494 e. The molecule has 7 nitrogen and oxygen atoms in total. The number of imide groups is 1. The van der Waals surface area contributed by atoms with E-state index in [9.17, 15) is 9.59 Å². The Morgan fingerprint density at radius 2 is 2.33 bits per heavy atom. The minimum atomic E-state index is -0.503. The number of hydrogen-bond acceptors (Lipinski definition) is 6. The number of nitrogens with zero attached hydrogens (tertiary/aromatic N) is 3. The van der Waals surface area contributed by atoms with Crippen molar-refractivity contribution in [3.8, 4) is 17.0 Å². The molecule has 9 heteroatoms. The maximum absolute atomic E-state index is 11.8. The summed E-state index contributed by atoms with van der Waals surface area (Å²) in [5.74, 6) is 0.0940. The number of hydrogen-bond donors (Lipinski definition) is 1. The number of piperidine rings is 1. The van der Waals surface area contributed by atoms with Gasteiger partial charge in [0.2, 0.25) is 5.91 Å². The summed E-state index contributed by atoms with van der Waals surface area (Å²) in [5, 5.41) is 12.3. The molecular formula is C12H11BrN4O3S. The summed E-state index contributed by atoms with van der Waals surface area (Å²) in [6.07, 6.45) is 2.42. The van der Waals surface area contributed by atoms with Gasteiger partial charge in [0.1, 0.15) is 15.5 Å². The Balaban J connectivity index is 1.90. The van der Waals surface area contributed by atoms with E-state index in [0.717, 1.165) is 9.35 Å². The van der Waals surface area contributed by atoms with Crippen molar-refractivity contribution in [3.63, 3.8) is 0 Å². The number of amides is 2. The zero-order valence-electron chi connectivity index (χ0n) is 11.0. The van der Waals surface area contributed by atoms with E-state index in [-0.39, 0.29) is 11.8 Å². The second-order valence-corrected chi connectivity index (χ2v) is 6.70. The van der Waals surface area contributed by atoms with Gasteiger partial charge in [-0.2, -0.15) is 0 Å². The zero-order chi connectivity index (χ0) is 15.0. The molecule has 3 heterocycles. The number of methoxy groups -OCH3 is 1. The van der Waals surface area contributed by atoms with Gasteiger partial charge >= 0.3 is 0 Å². The Morgan fingerprint density at radius 3 is 3.05 bits per heavy atom. The van der Waals surface area contributed by atoms with E-state index in [1.54, 1.807) is 13.3 Å². The molecule has 110 valence electrons. The predicted octanol–water partition coefficient (Wildman–Crippen LogP) is 1.76. The van der Waals surface area contributed by atoms with Crippen LogP contribution in [0.25, 0.3) is 11.3 Å². The number of rotatable bonds is 3. The summed E-state index contributed by atoms with van der Waals surface area (Å²) in [7, 11) is 1.58. The normalized spacial score (nSPS) is 18.7. The van der Waals surface area contributed by atoms with Crippen LogP contribution < -0.4 is 10.1 Å². The van der Waals surface area contributed by atoms with E-state index in [4.69, 9.17) is 4.74 Å². The van der Waals surface area contributed by atoms with Crippen LogP contribution in [0.3, 0.4) is 0 Å². The van der Waals surface area contributed by atoms with Crippen molar-refractivity contribution in [1.82, 2.24) is 20.3 Å². The lowest BCUT2D eigenvalue weighted by molar-refractivity contribution is -0.136. The fraction of sp³-hybridized carbons (Fsp3) is 0.333. The van der Waals surface area contributed by atoms with Gasteiger partial charge in [0.25, 0.3) is 5.91 Å². The van der Waals surface area contributed by atoms with Gasteiger partial charge in [0.05, 0.1) is 18.9 Å². The Morgan fingerprint density at radius 1 is 1.52 bits per heavy atom. The van der Waals surface area contributed by atoms with Crippen LogP contribution in [0.1, 0.15) is 18.9 Å². The number of ether oxygens (including phenoxy) is 1. The lowest BCUT2D eigenvalue weighted by Crippen LogP contribution is -2.41. The van der Waals surface area contributed by atoms with Gasteiger partial charge in [0, 0.05) is 11.8 Å². The van der Waals surface area contributed by atoms with Gasteiger partial charge in [-0.15, -0.1) is 16.4 Å². The van der Waals surface area contributed by atoms with Gasteiger partial charge in [-0.3, -0.25) is 14.9 Å². The number of carbonyl (C=O) groups is 2. The molecule has 0 bridgehead atoms. The van der Waals surface area contributed by atoms with Crippen molar-refractivity contribution in [3.05, 3.63) is 15.4 Å². The minimum absolute atomic E-state index is 0.250. The fourth-order valence-corrected chi connectivity index (χ4v) is 3.58. The smallest absolute Gasteiger partial charge is 0.251 e. The van der Waals surface area contributed by atoms with Crippen LogP contribution in [-0.4, -0.2) is 33.9 Å². The van der Waals surface area contributed by atoms with E-state index in [1.165, 1.54) is 16.0 Å². The first-order valence-electron chi connectivity index (χ1n) is 6.17. The first-order valence-corrected chi connectivity index (χ1v) is 7.84. The molecule has 1 aliphatic heterocycles. The molecule has 2 amide bonds. The summed E-state index contributed by atoms with van der Waals surface area (Å²) in [4.78, 5) is 23.0. The van der Waals surface area contributed by atoms with Gasteiger partial charge < -0.3 is 4.74 Å². The lowest BCUT2D eigenvalue weighted by Gasteiger charge is -2.20. The highest BCUT2D eigenvalue weighted by Crippen LogP contribution is 2.41. The van der Waals surface area contributed by atoms with Crippen molar-refractivity contribution in [2.24, 2.45) is 0 Å². The number of thiophene rings is 1. The highest BCUT2D eigenvalue weighted by molar-refractivity contribution is 9.11. The van der Waals surface area contributed by atoms with Crippen molar-refractivity contribution in [2.45, 2.75) is 18.9 Å². The third-order valence-electron chi connectivity index (χ3n) is 3.22. The molecule has 21 heavy (non-hydrogen) atoms. The molecule has 0 radical (unpaired) electrons. The third-order valence-corrected chi connectivity index (χ3v) is 4.89. The Labute approximate surface area is 132 Å². The highest BCUT2D eigenvalue weighted by Gasteiger charge is 2.29. The van der Waals surface area contributed by atoms with Crippen molar-refractivity contribution >= 4 is 39.1 Å². The number of halogens is 1. The van der Waals surface area contributed by atoms with Crippen molar-refractivity contribution in [2.75, 3.05) is 7.11 Å². The van der Waals surface area contributed by atoms with Crippen LogP contribution in [-0.2, 0) is 9.59 Å².